The van der Waals surface area contributed by atoms with E-state index in [0.29, 0.717) is 5.75 Å². The van der Waals surface area contributed by atoms with Crippen LogP contribution in [0.5, 0.6) is 11.5 Å². The lowest BCUT2D eigenvalue weighted by molar-refractivity contribution is -0.133. The van der Waals surface area contributed by atoms with Crippen LogP contribution in [-0.4, -0.2) is 28.0 Å². The van der Waals surface area contributed by atoms with Crippen LogP contribution in [0.25, 0.3) is 0 Å². The van der Waals surface area contributed by atoms with Crippen LogP contribution in [0.4, 0.5) is 0 Å². The summed E-state index contributed by atoms with van der Waals surface area (Å²) < 4.78 is 37.5. The van der Waals surface area contributed by atoms with Crippen molar-refractivity contribution in [3.05, 3.63) is 53.1 Å². The van der Waals surface area contributed by atoms with E-state index in [1.165, 1.54) is 13.2 Å². The number of carbonyl (C=O) groups excluding carboxylic acids is 1. The number of aryl methyl sites for hydroxylation is 3. The van der Waals surface area contributed by atoms with Gasteiger partial charge in [-0.2, -0.15) is 4.72 Å². The van der Waals surface area contributed by atoms with Gasteiger partial charge in [-0.15, -0.1) is 0 Å². The van der Waals surface area contributed by atoms with Crippen LogP contribution < -0.4 is 14.2 Å². The SMILES string of the molecule is COc1cc(C)c(C)cc1S(=O)(=O)NCC(=O)Oc1ccc(C)cc1. The maximum absolute atomic E-state index is 12.5. The molecule has 25 heavy (non-hydrogen) atoms. The summed E-state index contributed by atoms with van der Waals surface area (Å²) in [5, 5.41) is 0. The number of ether oxygens (including phenoxy) is 2. The smallest absolute Gasteiger partial charge is 0.326 e. The Balaban J connectivity index is 2.10. The van der Waals surface area contributed by atoms with E-state index >= 15 is 0 Å². The van der Waals surface area contributed by atoms with Crippen LogP contribution in [0.15, 0.2) is 41.3 Å². The minimum Gasteiger partial charge on any atom is -0.495 e. The molecule has 0 heterocycles. The molecular formula is C18H21NO5S. The van der Waals surface area contributed by atoms with Crippen molar-refractivity contribution in [3.63, 3.8) is 0 Å². The lowest BCUT2D eigenvalue weighted by Gasteiger charge is -2.13. The first-order chi connectivity index (χ1) is 11.7. The minimum atomic E-state index is -3.91. The van der Waals surface area contributed by atoms with Crippen molar-refractivity contribution in [1.29, 1.82) is 0 Å². The molecule has 6 nitrogen and oxygen atoms in total. The molecule has 0 bridgehead atoms. The third kappa shape index (κ3) is 4.80. The molecule has 0 spiro atoms. The van der Waals surface area contributed by atoms with Crippen LogP contribution in [0, 0.1) is 20.8 Å². The number of hydrogen-bond acceptors (Lipinski definition) is 5. The van der Waals surface area contributed by atoms with E-state index in [1.807, 2.05) is 13.8 Å². The Morgan fingerprint density at radius 3 is 2.24 bits per heavy atom. The van der Waals surface area contributed by atoms with Crippen molar-refractivity contribution in [2.24, 2.45) is 0 Å². The molecule has 0 fully saturated rings. The Kier molecular flexibility index (Phi) is 5.81. The maximum atomic E-state index is 12.5. The molecule has 0 aliphatic heterocycles. The maximum Gasteiger partial charge on any atom is 0.326 e. The van der Waals surface area contributed by atoms with E-state index in [2.05, 4.69) is 4.72 Å². The van der Waals surface area contributed by atoms with E-state index in [0.717, 1.165) is 16.7 Å². The minimum absolute atomic E-state index is 0.0127. The van der Waals surface area contributed by atoms with Gasteiger partial charge in [0.15, 0.2) is 0 Å². The fraction of sp³-hybridized carbons (Fsp3) is 0.278. The molecule has 7 heteroatoms. The largest absolute Gasteiger partial charge is 0.495 e. The van der Waals surface area contributed by atoms with Gasteiger partial charge in [0.1, 0.15) is 22.9 Å². The molecule has 0 unspecified atom stereocenters. The fourth-order valence-corrected chi connectivity index (χ4v) is 3.34. The Morgan fingerprint density at radius 1 is 1.04 bits per heavy atom. The van der Waals surface area contributed by atoms with Crippen molar-refractivity contribution in [3.8, 4) is 11.5 Å². The molecule has 0 saturated heterocycles. The van der Waals surface area contributed by atoms with Gasteiger partial charge in [-0.1, -0.05) is 17.7 Å². The summed E-state index contributed by atoms with van der Waals surface area (Å²) in [5.41, 5.74) is 2.75. The molecule has 0 atom stereocenters. The van der Waals surface area contributed by atoms with Gasteiger partial charge < -0.3 is 9.47 Å². The van der Waals surface area contributed by atoms with Crippen molar-refractivity contribution in [1.82, 2.24) is 4.72 Å². The second-order valence-electron chi connectivity index (χ2n) is 5.70. The second kappa shape index (κ2) is 7.67. The number of nitrogens with one attached hydrogen (secondary N) is 1. The highest BCUT2D eigenvalue weighted by Crippen LogP contribution is 2.27. The van der Waals surface area contributed by atoms with E-state index in [-0.39, 0.29) is 10.6 Å². The highest BCUT2D eigenvalue weighted by molar-refractivity contribution is 7.89. The first-order valence-corrected chi connectivity index (χ1v) is 9.13. The molecular weight excluding hydrogens is 342 g/mol. The first-order valence-electron chi connectivity index (χ1n) is 7.65. The summed E-state index contributed by atoms with van der Waals surface area (Å²) in [6.07, 6.45) is 0. The van der Waals surface area contributed by atoms with Crippen molar-refractivity contribution < 1.29 is 22.7 Å². The number of hydrogen-bond donors (Lipinski definition) is 1. The van der Waals surface area contributed by atoms with Gasteiger partial charge in [-0.25, -0.2) is 8.42 Å². The van der Waals surface area contributed by atoms with Crippen LogP contribution in [-0.2, 0) is 14.8 Å². The zero-order chi connectivity index (χ0) is 18.6. The third-order valence-electron chi connectivity index (χ3n) is 3.73. The predicted octanol–water partition coefficient (Wildman–Crippen LogP) is 2.50. The van der Waals surface area contributed by atoms with E-state index < -0.39 is 22.5 Å². The lowest BCUT2D eigenvalue weighted by Crippen LogP contribution is -2.32. The summed E-state index contributed by atoms with van der Waals surface area (Å²) >= 11 is 0. The number of sulfonamides is 1. The highest BCUT2D eigenvalue weighted by Gasteiger charge is 2.22. The Hall–Kier alpha value is -2.38. The molecule has 134 valence electrons. The second-order valence-corrected chi connectivity index (χ2v) is 7.43. The highest BCUT2D eigenvalue weighted by atomic mass is 32.2. The molecule has 2 aromatic carbocycles. The van der Waals surface area contributed by atoms with Gasteiger partial charge in [0.05, 0.1) is 7.11 Å². The van der Waals surface area contributed by atoms with E-state index in [4.69, 9.17) is 9.47 Å². The zero-order valence-corrected chi connectivity index (χ0v) is 15.4. The molecule has 0 aromatic heterocycles. The first kappa shape index (κ1) is 19.0. The zero-order valence-electron chi connectivity index (χ0n) is 14.6. The Morgan fingerprint density at radius 2 is 1.64 bits per heavy atom. The molecule has 1 N–H and O–H groups in total. The van der Waals surface area contributed by atoms with Gasteiger partial charge >= 0.3 is 5.97 Å². The van der Waals surface area contributed by atoms with Gasteiger partial charge in [0.25, 0.3) is 0 Å². The van der Waals surface area contributed by atoms with E-state index in [1.54, 1.807) is 37.3 Å². The quantitative estimate of drug-likeness (QED) is 0.630. The Labute approximate surface area is 147 Å². The van der Waals surface area contributed by atoms with Crippen molar-refractivity contribution in [2.45, 2.75) is 25.7 Å². The Bertz CT molecular complexity index is 873. The summed E-state index contributed by atoms with van der Waals surface area (Å²) in [4.78, 5) is 11.9. The topological polar surface area (TPSA) is 81.7 Å². The average molecular weight is 363 g/mol. The molecule has 0 saturated carbocycles. The monoisotopic (exact) mass is 363 g/mol. The van der Waals surface area contributed by atoms with Crippen LogP contribution in [0.2, 0.25) is 0 Å². The summed E-state index contributed by atoms with van der Waals surface area (Å²) in [6, 6.07) is 10.1. The fourth-order valence-electron chi connectivity index (χ4n) is 2.14. The average Bonchev–Trinajstić information content (AvgIpc) is 2.57. The van der Waals surface area contributed by atoms with Crippen molar-refractivity contribution in [2.75, 3.05) is 13.7 Å². The number of rotatable bonds is 6. The van der Waals surface area contributed by atoms with Gasteiger partial charge in [-0.05, 0) is 56.2 Å². The number of esters is 1. The number of methoxy groups -OCH3 is 1. The van der Waals surface area contributed by atoms with E-state index in [9.17, 15) is 13.2 Å². The van der Waals surface area contributed by atoms with Gasteiger partial charge in [0.2, 0.25) is 10.0 Å². The van der Waals surface area contributed by atoms with Crippen molar-refractivity contribution >= 4 is 16.0 Å². The molecule has 0 aliphatic rings. The lowest BCUT2D eigenvalue weighted by atomic mass is 10.1. The predicted molar refractivity (Wildman–Crippen MR) is 94.5 cm³/mol. The molecule has 0 aliphatic carbocycles. The summed E-state index contributed by atoms with van der Waals surface area (Å²) in [5.74, 6) is -0.115. The van der Waals surface area contributed by atoms with Crippen LogP contribution in [0.1, 0.15) is 16.7 Å². The van der Waals surface area contributed by atoms with Gasteiger partial charge in [0, 0.05) is 0 Å². The van der Waals surface area contributed by atoms with Crippen LogP contribution >= 0.6 is 0 Å². The summed E-state index contributed by atoms with van der Waals surface area (Å²) in [6.45, 7) is 5.10. The molecule has 2 rings (SSSR count). The molecule has 0 radical (unpaired) electrons. The third-order valence-corrected chi connectivity index (χ3v) is 5.15. The summed E-state index contributed by atoms with van der Waals surface area (Å²) in [7, 11) is -2.51. The normalized spacial score (nSPS) is 11.2. The standard InChI is InChI=1S/C18H21NO5S/c1-12-5-7-15(8-6-12)24-18(20)11-19-25(21,22)17-10-14(3)13(2)9-16(17)23-4/h5-10,19H,11H2,1-4H3. The molecule has 2 aromatic rings. The molecule has 0 amide bonds. The number of carbonyl (C=O) groups is 1. The number of benzene rings is 2. The van der Waals surface area contributed by atoms with Crippen LogP contribution in [0.3, 0.4) is 0 Å². The van der Waals surface area contributed by atoms with Gasteiger partial charge in [-0.3, -0.25) is 4.79 Å².